The summed E-state index contributed by atoms with van der Waals surface area (Å²) in [6.07, 6.45) is 1.96. The number of hydrogen-bond donors (Lipinski definition) is 2. The van der Waals surface area contributed by atoms with Gasteiger partial charge >= 0.3 is 0 Å². The lowest BCUT2D eigenvalue weighted by Gasteiger charge is -2.04. The molecule has 0 atom stereocenters. The molecule has 0 aliphatic heterocycles. The van der Waals surface area contributed by atoms with E-state index in [1.807, 2.05) is 11.3 Å². The number of nitrogens with two attached hydrogens (primary N) is 1. The van der Waals surface area contributed by atoms with Gasteiger partial charge < -0.3 is 11.1 Å². The van der Waals surface area contributed by atoms with Gasteiger partial charge in [0, 0.05) is 29.3 Å². The Kier molecular flexibility index (Phi) is 9.05. The Hall–Kier alpha value is 0.130. The maximum atomic E-state index is 5.83. The largest absolute Gasteiger partial charge is 0.370 e. The maximum absolute atomic E-state index is 5.83. The number of thiophene rings is 2. The summed E-state index contributed by atoms with van der Waals surface area (Å²) in [4.78, 5) is 7.06. The van der Waals surface area contributed by atoms with Crippen molar-refractivity contribution >= 4 is 75.2 Å². The molecule has 3 nitrogen and oxygen atoms in total. The first-order chi connectivity index (χ1) is 9.24. The molecule has 2 aromatic heterocycles. The molecule has 2 heterocycles. The van der Waals surface area contributed by atoms with E-state index in [2.05, 4.69) is 62.5 Å². The van der Waals surface area contributed by atoms with Gasteiger partial charge in [-0.15, -0.1) is 46.7 Å². The lowest BCUT2D eigenvalue weighted by atomic mass is 10.3. The fourth-order valence-corrected chi connectivity index (χ4v) is 4.05. The maximum Gasteiger partial charge on any atom is 0.188 e. The van der Waals surface area contributed by atoms with Gasteiger partial charge in [-0.05, 0) is 52.6 Å². The van der Waals surface area contributed by atoms with Crippen molar-refractivity contribution in [3.05, 3.63) is 42.3 Å². The van der Waals surface area contributed by atoms with Gasteiger partial charge in [-0.25, -0.2) is 0 Å². The second-order valence-corrected chi connectivity index (χ2v) is 8.07. The highest BCUT2D eigenvalue weighted by Crippen LogP contribution is 2.18. The summed E-state index contributed by atoms with van der Waals surface area (Å²) < 4.78 is 1.32. The molecule has 2 rings (SSSR count). The van der Waals surface area contributed by atoms with Gasteiger partial charge in [-0.1, -0.05) is 6.07 Å². The van der Waals surface area contributed by atoms with Crippen LogP contribution in [0.1, 0.15) is 9.75 Å². The highest BCUT2D eigenvalue weighted by Gasteiger charge is 1.98. The fourth-order valence-electron chi connectivity index (χ4n) is 1.60. The number of nitrogens with zero attached hydrogens (tertiary/aromatic N) is 1. The summed E-state index contributed by atoms with van der Waals surface area (Å²) in [6.45, 7) is 1.58. The number of hydrogen-bond acceptors (Lipinski definition) is 3. The van der Waals surface area contributed by atoms with E-state index in [4.69, 9.17) is 5.73 Å². The third-order valence-corrected chi connectivity index (χ3v) is 5.42. The minimum absolute atomic E-state index is 0. The summed E-state index contributed by atoms with van der Waals surface area (Å²) in [6, 6.07) is 8.49. The lowest BCUT2D eigenvalue weighted by molar-refractivity contribution is 0.854. The van der Waals surface area contributed by atoms with Crippen LogP contribution < -0.4 is 11.1 Å². The molecule has 2 aromatic rings. The molecule has 110 valence electrons. The molecular formula is C13H17I2N3S2. The van der Waals surface area contributed by atoms with Gasteiger partial charge in [-0.2, -0.15) is 0 Å². The number of guanidine groups is 1. The number of nitrogens with one attached hydrogen (secondary N) is 1. The molecule has 0 spiro atoms. The second kappa shape index (κ2) is 9.96. The Morgan fingerprint density at radius 2 is 2.10 bits per heavy atom. The Morgan fingerprint density at radius 3 is 2.75 bits per heavy atom. The first-order valence-corrected chi connectivity index (χ1v) is 8.82. The predicted octanol–water partition coefficient (Wildman–Crippen LogP) is 3.72. The van der Waals surface area contributed by atoms with E-state index < -0.39 is 0 Å². The first kappa shape index (κ1) is 18.2. The van der Waals surface area contributed by atoms with Crippen LogP contribution in [0.3, 0.4) is 0 Å². The Balaban J connectivity index is 0.00000200. The van der Waals surface area contributed by atoms with Crippen LogP contribution in [0, 0.1) is 2.88 Å². The van der Waals surface area contributed by atoms with Gasteiger partial charge in [0.25, 0.3) is 0 Å². The highest BCUT2D eigenvalue weighted by molar-refractivity contribution is 14.1. The van der Waals surface area contributed by atoms with E-state index in [9.17, 15) is 0 Å². The van der Waals surface area contributed by atoms with Crippen LogP contribution in [-0.2, 0) is 12.8 Å². The van der Waals surface area contributed by atoms with Crippen molar-refractivity contribution in [2.24, 2.45) is 10.7 Å². The molecule has 0 radical (unpaired) electrons. The predicted molar refractivity (Wildman–Crippen MR) is 109 cm³/mol. The smallest absolute Gasteiger partial charge is 0.188 e. The standard InChI is InChI=1S/C13H16IN3S2.HI/c14-12-4-3-11(19-12)6-8-17-13(15)16-7-5-10-2-1-9-18-10;/h1-4,9H,5-8H2,(H3,15,16,17);1H. The highest BCUT2D eigenvalue weighted by atomic mass is 127. The van der Waals surface area contributed by atoms with Crippen molar-refractivity contribution in [2.75, 3.05) is 13.1 Å². The van der Waals surface area contributed by atoms with E-state index in [1.54, 1.807) is 11.3 Å². The molecule has 0 unspecified atom stereocenters. The molecule has 3 N–H and O–H groups in total. The molecule has 0 saturated heterocycles. The zero-order valence-corrected chi connectivity index (χ0v) is 17.0. The minimum Gasteiger partial charge on any atom is -0.370 e. The first-order valence-electron chi connectivity index (χ1n) is 6.04. The SMILES string of the molecule is I.NC(=NCCc1cccs1)NCCc1ccc(I)s1. The van der Waals surface area contributed by atoms with Crippen molar-refractivity contribution in [2.45, 2.75) is 12.8 Å². The van der Waals surface area contributed by atoms with Crippen molar-refractivity contribution < 1.29 is 0 Å². The second-order valence-electron chi connectivity index (χ2n) is 3.98. The molecular weight excluding hydrogens is 516 g/mol. The number of aliphatic imine (C=N–C) groups is 1. The number of halogens is 2. The van der Waals surface area contributed by atoms with E-state index in [1.165, 1.54) is 12.6 Å². The van der Waals surface area contributed by atoms with Gasteiger partial charge in [0.1, 0.15) is 0 Å². The van der Waals surface area contributed by atoms with Gasteiger partial charge in [-0.3, -0.25) is 4.99 Å². The van der Waals surface area contributed by atoms with Gasteiger partial charge in [0.2, 0.25) is 0 Å². The molecule has 20 heavy (non-hydrogen) atoms. The molecule has 0 fully saturated rings. The average molecular weight is 533 g/mol. The Bertz CT molecular complexity index is 523. The van der Waals surface area contributed by atoms with Crippen LogP contribution in [0.15, 0.2) is 34.6 Å². The zero-order chi connectivity index (χ0) is 13.5. The molecule has 0 saturated carbocycles. The summed E-state index contributed by atoms with van der Waals surface area (Å²) in [5.74, 6) is 0.544. The van der Waals surface area contributed by atoms with E-state index in [-0.39, 0.29) is 24.0 Å². The third-order valence-electron chi connectivity index (χ3n) is 2.53. The molecule has 7 heteroatoms. The van der Waals surface area contributed by atoms with Gasteiger partial charge in [0.15, 0.2) is 5.96 Å². The van der Waals surface area contributed by atoms with Gasteiger partial charge in [0.05, 0.1) is 2.88 Å². The van der Waals surface area contributed by atoms with Crippen LogP contribution in [0.4, 0.5) is 0 Å². The van der Waals surface area contributed by atoms with Crippen LogP contribution in [-0.4, -0.2) is 19.0 Å². The van der Waals surface area contributed by atoms with Crippen LogP contribution >= 0.6 is 69.2 Å². The van der Waals surface area contributed by atoms with E-state index >= 15 is 0 Å². The van der Waals surface area contributed by atoms with Crippen molar-refractivity contribution in [3.8, 4) is 0 Å². The Labute approximate surface area is 158 Å². The molecule has 0 bridgehead atoms. The Morgan fingerprint density at radius 1 is 1.25 bits per heavy atom. The fraction of sp³-hybridized carbons (Fsp3) is 0.308. The van der Waals surface area contributed by atoms with Crippen molar-refractivity contribution in [1.82, 2.24) is 5.32 Å². The monoisotopic (exact) mass is 533 g/mol. The molecule has 0 aliphatic rings. The van der Waals surface area contributed by atoms with Crippen LogP contribution in [0.5, 0.6) is 0 Å². The van der Waals surface area contributed by atoms with E-state index in [0.717, 1.165) is 25.9 Å². The topological polar surface area (TPSA) is 50.4 Å². The average Bonchev–Trinajstić information content (AvgIpc) is 3.01. The van der Waals surface area contributed by atoms with E-state index in [0.29, 0.717) is 5.96 Å². The van der Waals surface area contributed by atoms with Crippen LogP contribution in [0.2, 0.25) is 0 Å². The third kappa shape index (κ3) is 6.72. The van der Waals surface area contributed by atoms with Crippen LogP contribution in [0.25, 0.3) is 0 Å². The summed E-state index contributed by atoms with van der Waals surface area (Å²) >= 11 is 5.92. The quantitative estimate of drug-likeness (QED) is 0.338. The lowest BCUT2D eigenvalue weighted by Crippen LogP contribution is -2.33. The van der Waals surface area contributed by atoms with Crippen molar-refractivity contribution in [1.29, 1.82) is 0 Å². The molecule has 0 amide bonds. The minimum atomic E-state index is 0. The number of rotatable bonds is 6. The summed E-state index contributed by atoms with van der Waals surface area (Å²) in [5.41, 5.74) is 5.83. The normalized spacial score (nSPS) is 11.2. The zero-order valence-electron chi connectivity index (χ0n) is 10.8. The summed E-state index contributed by atoms with van der Waals surface area (Å²) in [5, 5.41) is 5.24. The molecule has 0 aliphatic carbocycles. The molecule has 0 aromatic carbocycles. The summed E-state index contributed by atoms with van der Waals surface area (Å²) in [7, 11) is 0. The van der Waals surface area contributed by atoms with Crippen molar-refractivity contribution in [3.63, 3.8) is 0 Å².